The van der Waals surface area contributed by atoms with Crippen LogP contribution in [0.5, 0.6) is 0 Å². The van der Waals surface area contributed by atoms with Gasteiger partial charge >= 0.3 is 5.69 Å². The van der Waals surface area contributed by atoms with Crippen molar-refractivity contribution in [3.8, 4) is 6.07 Å². The molecule has 0 aliphatic rings. The second-order valence-electron chi connectivity index (χ2n) is 2.96. The molecule has 1 rings (SSSR count). The molecule has 74 valence electrons. The number of rotatable bonds is 1. The van der Waals surface area contributed by atoms with Crippen LogP contribution in [0.2, 0.25) is 0 Å². The number of hydrogen-bond donors (Lipinski definition) is 0. The number of aromatic nitrogens is 2. The summed E-state index contributed by atoms with van der Waals surface area (Å²) in [6, 6.07) is 1.81. The van der Waals surface area contributed by atoms with E-state index in [-0.39, 0.29) is 17.8 Å². The second-order valence-corrected chi connectivity index (χ2v) is 2.96. The van der Waals surface area contributed by atoms with Crippen LogP contribution in [0.3, 0.4) is 0 Å². The van der Waals surface area contributed by atoms with E-state index in [1.165, 1.54) is 4.57 Å². The molecule has 0 saturated carbocycles. The molecular formula is C9H11N3O2. The van der Waals surface area contributed by atoms with Gasteiger partial charge in [0.2, 0.25) is 0 Å². The van der Waals surface area contributed by atoms with Crippen molar-refractivity contribution in [2.75, 3.05) is 0 Å². The monoisotopic (exact) mass is 193 g/mol. The van der Waals surface area contributed by atoms with Crippen molar-refractivity contribution in [1.29, 1.82) is 5.26 Å². The molecule has 0 saturated heterocycles. The minimum absolute atomic E-state index is 0.0361. The highest BCUT2D eigenvalue weighted by Crippen LogP contribution is 1.95. The lowest BCUT2D eigenvalue weighted by molar-refractivity contribution is 0.607. The van der Waals surface area contributed by atoms with E-state index in [0.29, 0.717) is 5.69 Å². The van der Waals surface area contributed by atoms with Gasteiger partial charge in [-0.3, -0.25) is 13.9 Å². The zero-order valence-electron chi connectivity index (χ0n) is 8.37. The quantitative estimate of drug-likeness (QED) is 0.617. The third kappa shape index (κ3) is 1.25. The Morgan fingerprint density at radius 2 is 2.00 bits per heavy atom. The van der Waals surface area contributed by atoms with Gasteiger partial charge in [0.15, 0.2) is 0 Å². The van der Waals surface area contributed by atoms with Gasteiger partial charge < -0.3 is 0 Å². The Bertz CT molecular complexity index is 517. The number of hydrogen-bond acceptors (Lipinski definition) is 3. The summed E-state index contributed by atoms with van der Waals surface area (Å²) in [7, 11) is 1.55. The first-order chi connectivity index (χ1) is 6.54. The van der Waals surface area contributed by atoms with Gasteiger partial charge in [-0.1, -0.05) is 0 Å². The van der Waals surface area contributed by atoms with E-state index in [0.717, 1.165) is 4.57 Å². The van der Waals surface area contributed by atoms with Crippen molar-refractivity contribution in [3.63, 3.8) is 0 Å². The molecule has 0 N–H and O–H groups in total. The smallest absolute Gasteiger partial charge is 0.300 e. The predicted molar refractivity (Wildman–Crippen MR) is 51.1 cm³/mol. The van der Waals surface area contributed by atoms with Gasteiger partial charge in [0.25, 0.3) is 5.56 Å². The summed E-state index contributed by atoms with van der Waals surface area (Å²) in [5, 5.41) is 8.76. The first-order valence-corrected chi connectivity index (χ1v) is 4.25. The lowest BCUT2D eigenvalue weighted by Gasteiger charge is -2.08. The molecule has 0 aromatic carbocycles. The van der Waals surface area contributed by atoms with Crippen LogP contribution in [0.1, 0.15) is 18.2 Å². The van der Waals surface area contributed by atoms with Crippen molar-refractivity contribution in [2.45, 2.75) is 20.4 Å². The molecule has 0 unspecified atom stereocenters. The Hall–Kier alpha value is -1.83. The standard InChI is InChI=1S/C9H11N3O2/c1-4-12-8(13)7(5-10)6(2)11(3)9(12)14/h4H2,1-3H3. The SMILES string of the molecule is CCn1c(=O)c(C#N)c(C)n(C)c1=O. The predicted octanol–water partition coefficient (Wildman–Crippen LogP) is -0.253. The molecule has 1 aromatic rings. The van der Waals surface area contributed by atoms with Crippen molar-refractivity contribution < 1.29 is 0 Å². The molecule has 14 heavy (non-hydrogen) atoms. The van der Waals surface area contributed by atoms with E-state index in [9.17, 15) is 9.59 Å². The van der Waals surface area contributed by atoms with Crippen molar-refractivity contribution >= 4 is 0 Å². The van der Waals surface area contributed by atoms with Gasteiger partial charge in [-0.15, -0.1) is 0 Å². The average molecular weight is 193 g/mol. The Morgan fingerprint density at radius 1 is 1.43 bits per heavy atom. The van der Waals surface area contributed by atoms with Crippen LogP contribution in [-0.2, 0) is 13.6 Å². The van der Waals surface area contributed by atoms with Gasteiger partial charge in [0.05, 0.1) is 0 Å². The maximum Gasteiger partial charge on any atom is 0.330 e. The van der Waals surface area contributed by atoms with Gasteiger partial charge in [-0.05, 0) is 13.8 Å². The highest BCUT2D eigenvalue weighted by Gasteiger charge is 2.12. The number of nitriles is 1. The third-order valence-electron chi connectivity index (χ3n) is 2.27. The molecule has 0 atom stereocenters. The minimum atomic E-state index is -0.504. The molecule has 5 heteroatoms. The minimum Gasteiger partial charge on any atom is -0.300 e. The van der Waals surface area contributed by atoms with E-state index >= 15 is 0 Å². The van der Waals surface area contributed by atoms with Gasteiger partial charge in [-0.2, -0.15) is 5.26 Å². The fourth-order valence-electron chi connectivity index (χ4n) is 1.28. The third-order valence-corrected chi connectivity index (χ3v) is 2.27. The van der Waals surface area contributed by atoms with E-state index in [1.807, 2.05) is 6.07 Å². The van der Waals surface area contributed by atoms with Crippen LogP contribution in [0.4, 0.5) is 0 Å². The lowest BCUT2D eigenvalue weighted by Crippen LogP contribution is -2.41. The molecule has 0 radical (unpaired) electrons. The zero-order chi connectivity index (χ0) is 10.9. The molecule has 0 aliphatic heterocycles. The summed E-state index contributed by atoms with van der Waals surface area (Å²) in [5.74, 6) is 0. The van der Waals surface area contributed by atoms with E-state index in [4.69, 9.17) is 5.26 Å². The normalized spacial score (nSPS) is 9.86. The number of nitrogens with zero attached hydrogens (tertiary/aromatic N) is 3. The summed E-state index contributed by atoms with van der Waals surface area (Å²) >= 11 is 0. The summed E-state index contributed by atoms with van der Waals surface area (Å²) < 4.78 is 2.36. The molecule has 0 aliphatic carbocycles. The van der Waals surface area contributed by atoms with Crippen molar-refractivity contribution in [1.82, 2.24) is 9.13 Å². The molecule has 0 fully saturated rings. The maximum atomic E-state index is 11.6. The zero-order valence-corrected chi connectivity index (χ0v) is 8.37. The first-order valence-electron chi connectivity index (χ1n) is 4.25. The van der Waals surface area contributed by atoms with E-state index in [1.54, 1.807) is 20.9 Å². The van der Waals surface area contributed by atoms with Gasteiger partial charge in [0, 0.05) is 19.3 Å². The molecule has 0 bridgehead atoms. The molecule has 1 heterocycles. The average Bonchev–Trinajstić information content (AvgIpc) is 2.16. The van der Waals surface area contributed by atoms with Crippen molar-refractivity contribution in [3.05, 3.63) is 32.1 Å². The highest BCUT2D eigenvalue weighted by molar-refractivity contribution is 5.30. The van der Waals surface area contributed by atoms with E-state index < -0.39 is 5.56 Å². The Morgan fingerprint density at radius 3 is 2.43 bits per heavy atom. The fourth-order valence-corrected chi connectivity index (χ4v) is 1.28. The first kappa shape index (κ1) is 10.3. The Labute approximate surface area is 80.8 Å². The molecular weight excluding hydrogens is 182 g/mol. The van der Waals surface area contributed by atoms with Crippen LogP contribution in [0.15, 0.2) is 9.59 Å². The topological polar surface area (TPSA) is 67.8 Å². The second kappa shape index (κ2) is 3.50. The molecule has 1 aromatic heterocycles. The molecule has 0 amide bonds. The summed E-state index contributed by atoms with van der Waals surface area (Å²) in [6.45, 7) is 3.56. The van der Waals surface area contributed by atoms with Crippen LogP contribution in [0.25, 0.3) is 0 Å². The molecule has 5 nitrogen and oxygen atoms in total. The van der Waals surface area contributed by atoms with Crippen LogP contribution in [0, 0.1) is 18.3 Å². The van der Waals surface area contributed by atoms with Crippen LogP contribution < -0.4 is 11.2 Å². The maximum absolute atomic E-state index is 11.6. The van der Waals surface area contributed by atoms with E-state index in [2.05, 4.69) is 0 Å². The summed E-state index contributed by atoms with van der Waals surface area (Å²) in [5.41, 5.74) is -0.439. The Kier molecular flexibility index (Phi) is 2.56. The highest BCUT2D eigenvalue weighted by atomic mass is 16.2. The van der Waals surface area contributed by atoms with Crippen molar-refractivity contribution in [2.24, 2.45) is 7.05 Å². The largest absolute Gasteiger partial charge is 0.330 e. The van der Waals surface area contributed by atoms with Crippen LogP contribution >= 0.6 is 0 Å². The summed E-state index contributed by atoms with van der Waals surface area (Å²) in [6.07, 6.45) is 0. The lowest BCUT2D eigenvalue weighted by atomic mass is 10.2. The van der Waals surface area contributed by atoms with Gasteiger partial charge in [0.1, 0.15) is 11.6 Å². The summed E-state index contributed by atoms with van der Waals surface area (Å²) in [4.78, 5) is 23.1. The van der Waals surface area contributed by atoms with Gasteiger partial charge in [-0.25, -0.2) is 4.79 Å². The molecule has 0 spiro atoms. The van der Waals surface area contributed by atoms with Crippen LogP contribution in [-0.4, -0.2) is 9.13 Å². The Balaban J connectivity index is 3.86. The fraction of sp³-hybridized carbons (Fsp3) is 0.444.